The van der Waals surface area contributed by atoms with Crippen LogP contribution in [0.25, 0.3) is 11.1 Å². The maximum Gasteiger partial charge on any atom is 0.336 e. The molecule has 3 N–H and O–H groups in total. The largest absolute Gasteiger partial charge is 0.478 e. The first kappa shape index (κ1) is 27.1. The summed E-state index contributed by atoms with van der Waals surface area (Å²) >= 11 is 0. The van der Waals surface area contributed by atoms with Gasteiger partial charge in [0, 0.05) is 56.1 Å². The number of hydrogen-bond acceptors (Lipinski definition) is 9. The van der Waals surface area contributed by atoms with Crippen LogP contribution in [0.3, 0.4) is 0 Å². The predicted octanol–water partition coefficient (Wildman–Crippen LogP) is 2.42. The fourth-order valence-corrected chi connectivity index (χ4v) is 4.97. The molecule has 1 aliphatic rings. The van der Waals surface area contributed by atoms with Crippen molar-refractivity contribution in [2.24, 2.45) is 0 Å². The van der Waals surface area contributed by atoms with E-state index in [1.165, 1.54) is 18.3 Å². The molecule has 13 heteroatoms. The number of anilines is 2. The van der Waals surface area contributed by atoms with Gasteiger partial charge in [-0.15, -0.1) is 0 Å². The molecule has 38 heavy (non-hydrogen) atoms. The van der Waals surface area contributed by atoms with E-state index < -0.39 is 28.5 Å². The Morgan fingerprint density at radius 2 is 1.63 bits per heavy atom. The fourth-order valence-electron chi connectivity index (χ4n) is 4.36. The van der Waals surface area contributed by atoms with E-state index in [2.05, 4.69) is 20.2 Å². The smallest absolute Gasteiger partial charge is 0.336 e. The summed E-state index contributed by atoms with van der Waals surface area (Å²) in [5.74, 6) is -2.85. The van der Waals surface area contributed by atoms with Crippen LogP contribution >= 0.6 is 0 Å². The van der Waals surface area contributed by atoms with Crippen molar-refractivity contribution >= 4 is 34.1 Å². The van der Waals surface area contributed by atoms with Gasteiger partial charge in [0.1, 0.15) is 11.6 Å². The highest BCUT2D eigenvalue weighted by atomic mass is 32.2. The van der Waals surface area contributed by atoms with Gasteiger partial charge in [0.05, 0.1) is 35.1 Å². The maximum atomic E-state index is 13.8. The number of pyridine rings is 2. The number of nitrogens with one attached hydrogen (secondary N) is 1. The molecule has 0 amide bonds. The number of thiol groups is 1. The molecule has 11 nitrogen and oxygen atoms in total. The number of nitrogens with zero attached hydrogens (tertiary/aromatic N) is 4. The molecule has 0 bridgehead atoms. The number of rotatable bonds is 9. The zero-order chi connectivity index (χ0) is 27.4. The highest BCUT2D eigenvalue weighted by molar-refractivity contribution is 7.72. The molecule has 0 saturated carbocycles. The van der Waals surface area contributed by atoms with Gasteiger partial charge in [-0.1, -0.05) is 0 Å². The van der Waals surface area contributed by atoms with Gasteiger partial charge in [0.25, 0.3) is 0 Å². The number of carboxylic acid groups (broad SMARTS) is 2. The molecule has 1 saturated heterocycles. The maximum absolute atomic E-state index is 13.8. The summed E-state index contributed by atoms with van der Waals surface area (Å²) in [6.45, 7) is 4.52. The number of aromatic nitrogens is 2. The Kier molecular flexibility index (Phi) is 8.29. The molecule has 0 atom stereocenters. The lowest BCUT2D eigenvalue weighted by Crippen LogP contribution is -2.46. The third-order valence-corrected chi connectivity index (χ3v) is 6.84. The van der Waals surface area contributed by atoms with Crippen molar-refractivity contribution in [3.63, 3.8) is 0 Å². The second kappa shape index (κ2) is 11.6. The van der Waals surface area contributed by atoms with Gasteiger partial charge in [-0.25, -0.2) is 27.4 Å². The molecule has 3 heterocycles. The zero-order valence-corrected chi connectivity index (χ0v) is 21.3. The topological polar surface area (TPSA) is 153 Å². The van der Waals surface area contributed by atoms with E-state index in [-0.39, 0.29) is 28.4 Å². The van der Waals surface area contributed by atoms with Crippen LogP contribution in [0.5, 0.6) is 0 Å². The molecule has 4 rings (SSSR count). The van der Waals surface area contributed by atoms with Crippen molar-refractivity contribution in [2.75, 3.05) is 37.4 Å². The van der Waals surface area contributed by atoms with Crippen LogP contribution in [0.15, 0.2) is 42.9 Å². The lowest BCUT2D eigenvalue weighted by atomic mass is 9.93. The second-order valence-electron chi connectivity index (χ2n) is 8.95. The molecule has 0 radical (unpaired) electrons. The van der Waals surface area contributed by atoms with E-state index in [1.807, 2.05) is 4.90 Å². The highest BCUT2D eigenvalue weighted by Gasteiger charge is 2.22. The lowest BCUT2D eigenvalue weighted by molar-refractivity contribution is 0.0695. The van der Waals surface area contributed by atoms with Crippen molar-refractivity contribution in [1.29, 1.82) is 0 Å². The van der Waals surface area contributed by atoms with E-state index in [1.54, 1.807) is 19.2 Å². The Labute approximate surface area is 219 Å². The number of benzene rings is 1. The van der Waals surface area contributed by atoms with E-state index in [0.29, 0.717) is 49.5 Å². The molecule has 200 valence electrons. The monoisotopic (exact) mass is 543 g/mol. The number of carbonyl (C=O) groups is 2. The lowest BCUT2D eigenvalue weighted by Gasteiger charge is -2.33. The number of piperazine rings is 1. The summed E-state index contributed by atoms with van der Waals surface area (Å²) < 4.78 is 35.8. The minimum atomic E-state index is -2.48. The summed E-state index contributed by atoms with van der Waals surface area (Å²) in [5, 5.41) is 22.4. The number of aryl methyl sites for hydroxylation is 1. The van der Waals surface area contributed by atoms with E-state index in [9.17, 15) is 32.6 Å². The average Bonchev–Trinajstić information content (AvgIpc) is 2.85. The van der Waals surface area contributed by atoms with Gasteiger partial charge in [-0.2, -0.15) is 0 Å². The Balaban J connectivity index is 1.73. The number of halogens is 1. The predicted molar refractivity (Wildman–Crippen MR) is 138 cm³/mol. The second-order valence-corrected chi connectivity index (χ2v) is 9.90. The first-order valence-electron chi connectivity index (χ1n) is 11.7. The molecule has 0 spiro atoms. The van der Waals surface area contributed by atoms with Crippen molar-refractivity contribution in [3.05, 3.63) is 70.9 Å². The molecule has 1 aliphatic heterocycles. The Bertz CT molecular complexity index is 1450. The number of aromatic carboxylic acids is 2. The summed E-state index contributed by atoms with van der Waals surface area (Å²) in [6, 6.07) is 5.60. The normalized spacial score (nSPS) is 14.5. The molecule has 1 fully saturated rings. The molecule has 2 aromatic heterocycles. The van der Waals surface area contributed by atoms with E-state index >= 15 is 0 Å². The minimum Gasteiger partial charge on any atom is -0.478 e. The average molecular weight is 544 g/mol. The standard InChI is InChI=1S/C25H26FN5O6S/c1-15-6-20(22(25(34)35)9-19(15)24(32)33)21-7-16(13-30-2-4-31(5-3-30)14-38(36)37)10-28-23(21)29-18-8-17(26)11-27-12-18/h6-12,38H,2-5,13-14H2,1H3,(H,28,29)(H,32,33)(H,34,35). The van der Waals surface area contributed by atoms with Crippen LogP contribution in [-0.2, 0) is 17.2 Å². The van der Waals surface area contributed by atoms with Crippen molar-refractivity contribution in [1.82, 2.24) is 19.8 Å². The van der Waals surface area contributed by atoms with Crippen molar-refractivity contribution in [3.8, 4) is 11.1 Å². The summed E-state index contributed by atoms with van der Waals surface area (Å²) in [6.07, 6.45) is 4.07. The van der Waals surface area contributed by atoms with Gasteiger partial charge >= 0.3 is 11.9 Å². The number of carboxylic acids is 2. The van der Waals surface area contributed by atoms with Crippen LogP contribution in [0.2, 0.25) is 0 Å². The van der Waals surface area contributed by atoms with Gasteiger partial charge in [-0.3, -0.25) is 14.8 Å². The van der Waals surface area contributed by atoms with Crippen LogP contribution in [0.4, 0.5) is 15.9 Å². The van der Waals surface area contributed by atoms with Crippen LogP contribution in [-0.4, -0.2) is 82.4 Å². The van der Waals surface area contributed by atoms with Crippen molar-refractivity contribution in [2.45, 2.75) is 13.5 Å². The van der Waals surface area contributed by atoms with Crippen LogP contribution < -0.4 is 5.32 Å². The molecule has 3 aromatic rings. The molecular formula is C25H26FN5O6S. The highest BCUT2D eigenvalue weighted by Crippen LogP contribution is 2.34. The minimum absolute atomic E-state index is 0.0217. The Hall–Kier alpha value is -3.94. The van der Waals surface area contributed by atoms with E-state index in [4.69, 9.17) is 0 Å². The first-order chi connectivity index (χ1) is 18.1. The zero-order valence-electron chi connectivity index (χ0n) is 20.4. The van der Waals surface area contributed by atoms with Crippen molar-refractivity contribution < 1.29 is 32.6 Å². The first-order valence-corrected chi connectivity index (χ1v) is 13.0. The van der Waals surface area contributed by atoms with Crippen LogP contribution in [0.1, 0.15) is 31.8 Å². The molecule has 0 unspecified atom stereocenters. The third kappa shape index (κ3) is 6.49. The molecule has 0 aliphatic carbocycles. The van der Waals surface area contributed by atoms with Gasteiger partial charge < -0.3 is 15.5 Å². The Morgan fingerprint density at radius 3 is 2.26 bits per heavy atom. The van der Waals surface area contributed by atoms with Gasteiger partial charge in [-0.05, 0) is 36.2 Å². The molecule has 1 aromatic carbocycles. The van der Waals surface area contributed by atoms with E-state index in [0.717, 1.165) is 17.8 Å². The van der Waals surface area contributed by atoms with Crippen LogP contribution in [0, 0.1) is 12.7 Å². The summed E-state index contributed by atoms with van der Waals surface area (Å²) in [5.41, 5.74) is 1.74. The summed E-state index contributed by atoms with van der Waals surface area (Å²) in [7, 11) is -2.48. The fraction of sp³-hybridized carbons (Fsp3) is 0.280. The summed E-state index contributed by atoms with van der Waals surface area (Å²) in [4.78, 5) is 36.1. The number of hydrogen-bond donors (Lipinski definition) is 4. The third-order valence-electron chi connectivity index (χ3n) is 6.21. The van der Waals surface area contributed by atoms with Gasteiger partial charge in [0.15, 0.2) is 10.7 Å². The Morgan fingerprint density at radius 1 is 0.947 bits per heavy atom. The van der Waals surface area contributed by atoms with Gasteiger partial charge in [0.2, 0.25) is 0 Å². The quantitative estimate of drug-likeness (QED) is 0.294. The molecular weight excluding hydrogens is 517 g/mol. The SMILES string of the molecule is Cc1cc(-c2cc(CN3CCN(C[SH](=O)=O)CC3)cnc2Nc2cncc(F)c2)c(C(=O)O)cc1C(=O)O.